The van der Waals surface area contributed by atoms with Gasteiger partial charge in [-0.15, -0.1) is 0 Å². The highest BCUT2D eigenvalue weighted by molar-refractivity contribution is 6.04. The molecule has 126 valence electrons. The van der Waals surface area contributed by atoms with Crippen LogP contribution in [-0.4, -0.2) is 52.8 Å². The third kappa shape index (κ3) is 3.46. The van der Waals surface area contributed by atoms with Crippen LogP contribution in [0.15, 0.2) is 30.3 Å². The number of nitrogens with one attached hydrogen (secondary N) is 1. The number of hydrogen-bond acceptors (Lipinski definition) is 4. The van der Waals surface area contributed by atoms with Crippen molar-refractivity contribution in [1.29, 1.82) is 0 Å². The van der Waals surface area contributed by atoms with E-state index in [4.69, 9.17) is 4.74 Å². The van der Waals surface area contributed by atoms with E-state index in [1.165, 1.54) is 4.68 Å². The summed E-state index contributed by atoms with van der Waals surface area (Å²) >= 11 is 0. The summed E-state index contributed by atoms with van der Waals surface area (Å²) in [6.45, 7) is 4.12. The third-order valence-electron chi connectivity index (χ3n) is 3.90. The number of carbonyl (C=O) groups excluding carboxylic acids is 2. The van der Waals surface area contributed by atoms with Gasteiger partial charge in [0, 0.05) is 31.4 Å². The van der Waals surface area contributed by atoms with Crippen molar-refractivity contribution in [2.75, 3.05) is 31.6 Å². The van der Waals surface area contributed by atoms with E-state index >= 15 is 0 Å². The fourth-order valence-corrected chi connectivity index (χ4v) is 2.70. The molecule has 1 aromatic heterocycles. The topological polar surface area (TPSA) is 76.5 Å². The molecule has 0 aliphatic carbocycles. The zero-order valence-corrected chi connectivity index (χ0v) is 13.8. The van der Waals surface area contributed by atoms with Gasteiger partial charge in [-0.1, -0.05) is 6.07 Å². The van der Waals surface area contributed by atoms with E-state index in [1.54, 1.807) is 42.3 Å². The quantitative estimate of drug-likeness (QED) is 0.925. The predicted molar refractivity (Wildman–Crippen MR) is 89.1 cm³/mol. The summed E-state index contributed by atoms with van der Waals surface area (Å²) in [5.74, 6) is -0.306. The standard InChI is InChI=1S/C17H20N4O3/c1-12-10-15(20(2)19-12)16(22)18-14-5-3-4-13(11-14)17(23)21-6-8-24-9-7-21/h3-5,10-11H,6-9H2,1-2H3,(H,18,22). The van der Waals surface area contributed by atoms with Crippen LogP contribution in [0.5, 0.6) is 0 Å². The van der Waals surface area contributed by atoms with Crippen LogP contribution in [0.2, 0.25) is 0 Å². The van der Waals surface area contributed by atoms with Crippen LogP contribution in [-0.2, 0) is 11.8 Å². The summed E-state index contributed by atoms with van der Waals surface area (Å²) < 4.78 is 6.80. The van der Waals surface area contributed by atoms with Gasteiger partial charge in [-0.2, -0.15) is 5.10 Å². The monoisotopic (exact) mass is 328 g/mol. The maximum atomic E-state index is 12.5. The van der Waals surface area contributed by atoms with Gasteiger partial charge in [-0.25, -0.2) is 0 Å². The van der Waals surface area contributed by atoms with E-state index in [2.05, 4.69) is 10.4 Å². The Bertz CT molecular complexity index is 763. The van der Waals surface area contributed by atoms with E-state index in [1.807, 2.05) is 6.92 Å². The van der Waals surface area contributed by atoms with Gasteiger partial charge in [-0.05, 0) is 31.2 Å². The highest BCUT2D eigenvalue weighted by Crippen LogP contribution is 2.15. The average Bonchev–Trinajstić information content (AvgIpc) is 2.94. The van der Waals surface area contributed by atoms with E-state index in [9.17, 15) is 9.59 Å². The lowest BCUT2D eigenvalue weighted by atomic mass is 10.1. The second-order valence-corrected chi connectivity index (χ2v) is 5.73. The Kier molecular flexibility index (Phi) is 4.61. The minimum atomic E-state index is -0.255. The zero-order chi connectivity index (χ0) is 17.1. The first-order valence-corrected chi connectivity index (χ1v) is 7.83. The second kappa shape index (κ2) is 6.84. The molecule has 2 amide bonds. The van der Waals surface area contributed by atoms with Gasteiger partial charge in [0.1, 0.15) is 5.69 Å². The predicted octanol–water partition coefficient (Wildman–Crippen LogP) is 1.45. The number of morpholine rings is 1. The van der Waals surface area contributed by atoms with Crippen molar-refractivity contribution in [1.82, 2.24) is 14.7 Å². The van der Waals surface area contributed by atoms with Crippen molar-refractivity contribution in [2.24, 2.45) is 7.05 Å². The largest absolute Gasteiger partial charge is 0.378 e. The molecule has 0 unspecified atom stereocenters. The lowest BCUT2D eigenvalue weighted by molar-refractivity contribution is 0.0303. The Morgan fingerprint density at radius 2 is 1.96 bits per heavy atom. The minimum Gasteiger partial charge on any atom is -0.378 e. The molecule has 1 aliphatic rings. The van der Waals surface area contributed by atoms with E-state index in [0.717, 1.165) is 5.69 Å². The number of aromatic nitrogens is 2. The Morgan fingerprint density at radius 3 is 2.62 bits per heavy atom. The van der Waals surface area contributed by atoms with Gasteiger partial charge in [0.25, 0.3) is 11.8 Å². The molecule has 0 spiro atoms. The van der Waals surface area contributed by atoms with E-state index in [-0.39, 0.29) is 11.8 Å². The van der Waals surface area contributed by atoms with Crippen molar-refractivity contribution in [3.8, 4) is 0 Å². The number of carbonyl (C=O) groups is 2. The first-order chi connectivity index (χ1) is 11.5. The molecule has 3 rings (SSSR count). The van der Waals surface area contributed by atoms with Gasteiger partial charge in [0.2, 0.25) is 0 Å². The summed E-state index contributed by atoms with van der Waals surface area (Å²) in [5, 5.41) is 6.98. The molecule has 2 heterocycles. The Labute approximate surface area is 140 Å². The number of benzene rings is 1. The van der Waals surface area contributed by atoms with Gasteiger partial charge in [-0.3, -0.25) is 14.3 Å². The lowest BCUT2D eigenvalue weighted by Gasteiger charge is -2.27. The van der Waals surface area contributed by atoms with Crippen molar-refractivity contribution < 1.29 is 14.3 Å². The van der Waals surface area contributed by atoms with Gasteiger partial charge >= 0.3 is 0 Å². The van der Waals surface area contributed by atoms with E-state index < -0.39 is 0 Å². The molecule has 0 saturated carbocycles. The molecule has 1 fully saturated rings. The van der Waals surface area contributed by atoms with Crippen LogP contribution in [0.3, 0.4) is 0 Å². The third-order valence-corrected chi connectivity index (χ3v) is 3.90. The van der Waals surface area contributed by atoms with Crippen molar-refractivity contribution >= 4 is 17.5 Å². The Balaban J connectivity index is 1.74. The van der Waals surface area contributed by atoms with Gasteiger partial charge in [0.05, 0.1) is 18.9 Å². The van der Waals surface area contributed by atoms with Crippen LogP contribution in [0.4, 0.5) is 5.69 Å². The molecular weight excluding hydrogens is 308 g/mol. The molecule has 0 radical (unpaired) electrons. The van der Waals surface area contributed by atoms with Crippen LogP contribution < -0.4 is 5.32 Å². The average molecular weight is 328 g/mol. The van der Waals surface area contributed by atoms with Crippen molar-refractivity contribution in [3.05, 3.63) is 47.3 Å². The number of ether oxygens (including phenoxy) is 1. The maximum Gasteiger partial charge on any atom is 0.273 e. The van der Waals surface area contributed by atoms with Crippen LogP contribution in [0, 0.1) is 6.92 Å². The summed E-state index contributed by atoms with van der Waals surface area (Å²) in [5.41, 5.74) is 2.38. The summed E-state index contributed by atoms with van der Waals surface area (Å²) in [6, 6.07) is 8.69. The zero-order valence-electron chi connectivity index (χ0n) is 13.8. The normalized spacial score (nSPS) is 14.5. The molecule has 0 atom stereocenters. The van der Waals surface area contributed by atoms with Crippen LogP contribution in [0.1, 0.15) is 26.5 Å². The molecule has 7 nitrogen and oxygen atoms in total. The molecule has 0 bridgehead atoms. The second-order valence-electron chi connectivity index (χ2n) is 5.73. The number of anilines is 1. The first kappa shape index (κ1) is 16.2. The summed E-state index contributed by atoms with van der Waals surface area (Å²) in [4.78, 5) is 26.6. The van der Waals surface area contributed by atoms with Crippen LogP contribution >= 0.6 is 0 Å². The number of amides is 2. The molecule has 2 aromatic rings. The molecule has 1 saturated heterocycles. The van der Waals surface area contributed by atoms with Crippen LogP contribution in [0.25, 0.3) is 0 Å². The molecule has 1 aromatic carbocycles. The highest BCUT2D eigenvalue weighted by atomic mass is 16.5. The molecule has 1 aliphatic heterocycles. The number of hydrogen-bond donors (Lipinski definition) is 1. The van der Waals surface area contributed by atoms with Crippen molar-refractivity contribution in [3.63, 3.8) is 0 Å². The number of rotatable bonds is 3. The first-order valence-electron chi connectivity index (χ1n) is 7.83. The summed E-state index contributed by atoms with van der Waals surface area (Å²) in [7, 11) is 1.72. The fraction of sp³-hybridized carbons (Fsp3) is 0.353. The number of nitrogens with zero attached hydrogens (tertiary/aromatic N) is 3. The van der Waals surface area contributed by atoms with E-state index in [0.29, 0.717) is 43.2 Å². The SMILES string of the molecule is Cc1cc(C(=O)Nc2cccc(C(=O)N3CCOCC3)c2)n(C)n1. The molecule has 7 heteroatoms. The molecular formula is C17H20N4O3. The highest BCUT2D eigenvalue weighted by Gasteiger charge is 2.19. The molecule has 24 heavy (non-hydrogen) atoms. The Morgan fingerprint density at radius 1 is 1.21 bits per heavy atom. The van der Waals surface area contributed by atoms with Gasteiger partial charge < -0.3 is 15.0 Å². The van der Waals surface area contributed by atoms with Gasteiger partial charge in [0.15, 0.2) is 0 Å². The molecule has 1 N–H and O–H groups in total. The van der Waals surface area contributed by atoms with Crippen molar-refractivity contribution in [2.45, 2.75) is 6.92 Å². The minimum absolute atomic E-state index is 0.0502. The Hall–Kier alpha value is -2.67. The maximum absolute atomic E-state index is 12.5. The lowest BCUT2D eigenvalue weighted by Crippen LogP contribution is -2.40. The smallest absolute Gasteiger partial charge is 0.273 e. The number of aryl methyl sites for hydroxylation is 2. The fourth-order valence-electron chi connectivity index (χ4n) is 2.70. The summed E-state index contributed by atoms with van der Waals surface area (Å²) in [6.07, 6.45) is 0.